The van der Waals surface area contributed by atoms with Gasteiger partial charge in [-0.3, -0.25) is 4.79 Å². The van der Waals surface area contributed by atoms with Crippen LogP contribution in [0, 0.1) is 11.8 Å². The molecule has 3 atom stereocenters. The quantitative estimate of drug-likeness (QED) is 0.687. The molecule has 2 rings (SSSR count). The summed E-state index contributed by atoms with van der Waals surface area (Å²) >= 11 is 0. The largest absolute Gasteiger partial charge is 0.376 e. The van der Waals surface area contributed by atoms with E-state index in [1.54, 1.807) is 0 Å². The van der Waals surface area contributed by atoms with E-state index in [1.165, 1.54) is 12.8 Å². The Kier molecular flexibility index (Phi) is 3.26. The molecule has 0 radical (unpaired) electrons. The summed E-state index contributed by atoms with van der Waals surface area (Å²) < 4.78 is 5.70. The second kappa shape index (κ2) is 4.49. The van der Waals surface area contributed by atoms with Crippen molar-refractivity contribution in [1.82, 2.24) is 5.32 Å². The van der Waals surface area contributed by atoms with Crippen molar-refractivity contribution in [3.05, 3.63) is 0 Å². The van der Waals surface area contributed by atoms with Crippen LogP contribution in [0.4, 0.5) is 0 Å². The van der Waals surface area contributed by atoms with E-state index >= 15 is 0 Å². The molecule has 1 heterocycles. The van der Waals surface area contributed by atoms with Gasteiger partial charge >= 0.3 is 0 Å². The summed E-state index contributed by atoms with van der Waals surface area (Å²) in [5.74, 6) is 0.434. The maximum Gasteiger partial charge on any atom is 0.221 e. The van der Waals surface area contributed by atoms with Crippen molar-refractivity contribution in [3.63, 3.8) is 0 Å². The molecular formula is C11H20N2O2. The fourth-order valence-corrected chi connectivity index (χ4v) is 2.15. The third-order valence-electron chi connectivity index (χ3n) is 3.39. The minimum absolute atomic E-state index is 0.0922. The van der Waals surface area contributed by atoms with Crippen molar-refractivity contribution in [2.75, 3.05) is 13.2 Å². The van der Waals surface area contributed by atoms with E-state index in [0.717, 1.165) is 18.9 Å². The van der Waals surface area contributed by atoms with E-state index in [0.29, 0.717) is 18.7 Å². The molecule has 1 saturated carbocycles. The van der Waals surface area contributed by atoms with Gasteiger partial charge in [0, 0.05) is 25.1 Å². The predicted molar refractivity (Wildman–Crippen MR) is 57.2 cm³/mol. The van der Waals surface area contributed by atoms with Crippen molar-refractivity contribution < 1.29 is 9.53 Å². The van der Waals surface area contributed by atoms with Crippen LogP contribution in [0.25, 0.3) is 0 Å². The first-order valence-corrected chi connectivity index (χ1v) is 5.83. The van der Waals surface area contributed by atoms with Crippen LogP contribution in [0.2, 0.25) is 0 Å². The van der Waals surface area contributed by atoms with Gasteiger partial charge in [0.05, 0.1) is 6.10 Å². The van der Waals surface area contributed by atoms with Crippen LogP contribution in [-0.2, 0) is 9.53 Å². The maximum absolute atomic E-state index is 10.9. The molecular weight excluding hydrogens is 192 g/mol. The highest BCUT2D eigenvalue weighted by Crippen LogP contribution is 2.38. The zero-order chi connectivity index (χ0) is 10.8. The smallest absolute Gasteiger partial charge is 0.221 e. The number of amides is 1. The van der Waals surface area contributed by atoms with E-state index in [-0.39, 0.29) is 11.8 Å². The van der Waals surface area contributed by atoms with Crippen molar-refractivity contribution in [3.8, 4) is 0 Å². The molecule has 3 unspecified atom stereocenters. The molecule has 1 aliphatic heterocycles. The fraction of sp³-hybridized carbons (Fsp3) is 0.909. The summed E-state index contributed by atoms with van der Waals surface area (Å²) in [6, 6.07) is 0.430. The first-order valence-electron chi connectivity index (χ1n) is 5.83. The number of nitrogens with one attached hydrogen (secondary N) is 1. The van der Waals surface area contributed by atoms with Crippen LogP contribution >= 0.6 is 0 Å². The van der Waals surface area contributed by atoms with Crippen LogP contribution in [-0.4, -0.2) is 31.2 Å². The Morgan fingerprint density at radius 2 is 2.27 bits per heavy atom. The number of hydrogen-bond donors (Lipinski definition) is 2. The van der Waals surface area contributed by atoms with Gasteiger partial charge in [0.25, 0.3) is 0 Å². The monoisotopic (exact) mass is 212 g/mol. The highest BCUT2D eigenvalue weighted by Gasteiger charge is 2.40. The number of hydrogen-bond acceptors (Lipinski definition) is 3. The normalized spacial score (nSPS) is 32.9. The number of carbonyl (C=O) groups excluding carboxylic acids is 1. The van der Waals surface area contributed by atoms with Crippen LogP contribution < -0.4 is 11.1 Å². The molecule has 0 aromatic rings. The number of carbonyl (C=O) groups is 1. The second-order valence-corrected chi connectivity index (χ2v) is 4.78. The van der Waals surface area contributed by atoms with Crippen LogP contribution in [0.1, 0.15) is 26.2 Å². The third-order valence-corrected chi connectivity index (χ3v) is 3.39. The van der Waals surface area contributed by atoms with Gasteiger partial charge < -0.3 is 15.8 Å². The van der Waals surface area contributed by atoms with Crippen molar-refractivity contribution in [2.24, 2.45) is 17.6 Å². The SMILES string of the molecule is CC(CNC1CCOC1C1CC1)C(N)=O. The average Bonchev–Trinajstić information content (AvgIpc) is 2.94. The number of ether oxygens (including phenoxy) is 1. The Morgan fingerprint density at radius 3 is 2.87 bits per heavy atom. The van der Waals surface area contributed by atoms with Gasteiger partial charge in [0.1, 0.15) is 0 Å². The van der Waals surface area contributed by atoms with Crippen molar-refractivity contribution in [1.29, 1.82) is 0 Å². The number of primary amides is 1. The number of rotatable bonds is 5. The van der Waals surface area contributed by atoms with Gasteiger partial charge in [-0.1, -0.05) is 6.92 Å². The molecule has 1 aliphatic carbocycles. The van der Waals surface area contributed by atoms with Crippen LogP contribution in [0.5, 0.6) is 0 Å². The summed E-state index contributed by atoms with van der Waals surface area (Å²) in [5.41, 5.74) is 5.22. The molecule has 0 bridgehead atoms. The Hall–Kier alpha value is -0.610. The molecule has 0 aromatic carbocycles. The zero-order valence-electron chi connectivity index (χ0n) is 9.24. The van der Waals surface area contributed by atoms with Gasteiger partial charge in [-0.15, -0.1) is 0 Å². The van der Waals surface area contributed by atoms with E-state index in [4.69, 9.17) is 10.5 Å². The Labute approximate surface area is 90.5 Å². The minimum atomic E-state index is -0.232. The molecule has 0 spiro atoms. The maximum atomic E-state index is 10.9. The lowest BCUT2D eigenvalue weighted by Crippen LogP contribution is -2.42. The fourth-order valence-electron chi connectivity index (χ4n) is 2.15. The predicted octanol–water partition coefficient (Wildman–Crippen LogP) is 0.265. The molecule has 1 amide bonds. The highest BCUT2D eigenvalue weighted by molar-refractivity contribution is 5.76. The van der Waals surface area contributed by atoms with Crippen LogP contribution in [0.15, 0.2) is 0 Å². The van der Waals surface area contributed by atoms with Gasteiger partial charge in [0.15, 0.2) is 0 Å². The van der Waals surface area contributed by atoms with Crippen molar-refractivity contribution >= 4 is 5.91 Å². The molecule has 0 aromatic heterocycles. The molecule has 1 saturated heterocycles. The van der Waals surface area contributed by atoms with Gasteiger partial charge in [-0.05, 0) is 25.2 Å². The Bertz CT molecular complexity index is 241. The Morgan fingerprint density at radius 1 is 1.53 bits per heavy atom. The van der Waals surface area contributed by atoms with Gasteiger partial charge in [0.2, 0.25) is 5.91 Å². The minimum Gasteiger partial charge on any atom is -0.376 e. The molecule has 86 valence electrons. The molecule has 2 fully saturated rings. The molecule has 4 nitrogen and oxygen atoms in total. The summed E-state index contributed by atoms with van der Waals surface area (Å²) in [7, 11) is 0. The molecule has 2 aliphatic rings. The number of nitrogens with two attached hydrogens (primary N) is 1. The first-order chi connectivity index (χ1) is 7.18. The van der Waals surface area contributed by atoms with E-state index in [9.17, 15) is 4.79 Å². The summed E-state index contributed by atoms with van der Waals surface area (Å²) in [4.78, 5) is 10.9. The van der Waals surface area contributed by atoms with Gasteiger partial charge in [-0.25, -0.2) is 0 Å². The lowest BCUT2D eigenvalue weighted by molar-refractivity contribution is -0.121. The van der Waals surface area contributed by atoms with E-state index in [1.807, 2.05) is 6.92 Å². The average molecular weight is 212 g/mol. The lowest BCUT2D eigenvalue weighted by Gasteiger charge is -2.20. The topological polar surface area (TPSA) is 64.3 Å². The highest BCUT2D eigenvalue weighted by atomic mass is 16.5. The van der Waals surface area contributed by atoms with E-state index in [2.05, 4.69) is 5.32 Å². The van der Waals surface area contributed by atoms with Crippen LogP contribution in [0.3, 0.4) is 0 Å². The van der Waals surface area contributed by atoms with Gasteiger partial charge in [-0.2, -0.15) is 0 Å². The Balaban J connectivity index is 1.75. The second-order valence-electron chi connectivity index (χ2n) is 4.78. The summed E-state index contributed by atoms with van der Waals surface area (Å²) in [5, 5.41) is 3.41. The molecule has 4 heteroatoms. The van der Waals surface area contributed by atoms with E-state index < -0.39 is 0 Å². The first kappa shape index (κ1) is 10.9. The van der Waals surface area contributed by atoms with Crippen molar-refractivity contribution in [2.45, 2.75) is 38.3 Å². The zero-order valence-corrected chi connectivity index (χ0v) is 9.24. The molecule has 3 N–H and O–H groups in total. The third kappa shape index (κ3) is 2.69. The molecule has 15 heavy (non-hydrogen) atoms. The lowest BCUT2D eigenvalue weighted by atomic mass is 10.0. The summed E-state index contributed by atoms with van der Waals surface area (Å²) in [6.45, 7) is 3.38. The standard InChI is InChI=1S/C11H20N2O2/c1-7(11(12)14)6-13-9-4-5-15-10(9)8-2-3-8/h7-10,13H,2-6H2,1H3,(H2,12,14). The summed E-state index contributed by atoms with van der Waals surface area (Å²) in [6.07, 6.45) is 4.04.